The van der Waals surface area contributed by atoms with Crippen LogP contribution in [0.1, 0.15) is 49.1 Å². The highest BCUT2D eigenvalue weighted by atomic mass is 35.5. The Bertz CT molecular complexity index is 1760. The van der Waals surface area contributed by atoms with Crippen molar-refractivity contribution >= 4 is 29.4 Å². The first kappa shape index (κ1) is 33.5. The van der Waals surface area contributed by atoms with Crippen LogP contribution in [-0.4, -0.2) is 56.2 Å². The van der Waals surface area contributed by atoms with Crippen molar-refractivity contribution in [2.75, 3.05) is 13.1 Å². The van der Waals surface area contributed by atoms with Crippen molar-refractivity contribution < 1.29 is 31.5 Å². The molecule has 45 heavy (non-hydrogen) atoms. The number of nitrogens with zero attached hydrogens (tertiary/aromatic N) is 5. The molecule has 1 amide bonds. The fourth-order valence-electron chi connectivity index (χ4n) is 4.82. The number of aryl methyl sites for hydroxylation is 1. The molecule has 0 spiro atoms. The van der Waals surface area contributed by atoms with Crippen molar-refractivity contribution in [2.45, 2.75) is 52.1 Å². The third-order valence-corrected chi connectivity index (χ3v) is 7.51. The van der Waals surface area contributed by atoms with Gasteiger partial charge in [0.25, 0.3) is 11.4 Å². The Morgan fingerprint density at radius 1 is 1.29 bits per heavy atom. The van der Waals surface area contributed by atoms with Gasteiger partial charge >= 0.3 is 5.92 Å². The first-order chi connectivity index (χ1) is 21.2. The molecule has 0 aliphatic carbocycles. The maximum absolute atomic E-state index is 15.9. The van der Waals surface area contributed by atoms with Gasteiger partial charge in [0, 0.05) is 36.8 Å². The van der Waals surface area contributed by atoms with Crippen molar-refractivity contribution in [1.29, 1.82) is 0 Å². The molecular formula is C31H29ClF5N5O3. The van der Waals surface area contributed by atoms with E-state index in [2.05, 4.69) is 15.0 Å². The molecule has 1 fully saturated rings. The van der Waals surface area contributed by atoms with E-state index in [0.717, 1.165) is 41.1 Å². The molecule has 238 valence electrons. The maximum Gasteiger partial charge on any atom is 0.303 e. The molecule has 14 heteroatoms. The van der Waals surface area contributed by atoms with Crippen LogP contribution < -0.4 is 10.3 Å². The number of hydrogen-bond acceptors (Lipinski definition) is 6. The van der Waals surface area contributed by atoms with Crippen LogP contribution in [0.4, 0.5) is 22.0 Å². The molecule has 4 rings (SSSR count). The summed E-state index contributed by atoms with van der Waals surface area (Å²) in [6.07, 6.45) is 5.43. The number of amides is 1. The number of alkyl halides is 2. The molecular weight excluding hydrogens is 621 g/mol. The van der Waals surface area contributed by atoms with E-state index in [1.165, 1.54) is 31.5 Å². The van der Waals surface area contributed by atoms with Crippen LogP contribution in [-0.2, 0) is 11.2 Å². The molecule has 0 bridgehead atoms. The van der Waals surface area contributed by atoms with Gasteiger partial charge in [-0.1, -0.05) is 24.6 Å². The first-order valence-electron chi connectivity index (χ1n) is 13.8. The topological polar surface area (TPSA) is 89.7 Å². The maximum atomic E-state index is 15.9. The van der Waals surface area contributed by atoms with Crippen LogP contribution in [0.25, 0.3) is 6.20 Å². The van der Waals surface area contributed by atoms with Crippen LogP contribution in [0.2, 0.25) is 5.02 Å². The number of rotatable bonds is 9. The zero-order valence-corrected chi connectivity index (χ0v) is 25.5. The van der Waals surface area contributed by atoms with E-state index < -0.39 is 71.2 Å². The number of carbonyl (C=O) groups is 1. The van der Waals surface area contributed by atoms with Gasteiger partial charge < -0.3 is 9.64 Å². The molecule has 2 unspecified atom stereocenters. The normalized spacial score (nSPS) is 17.6. The number of ether oxygens (including phenoxy) is 1. The predicted octanol–water partition coefficient (Wildman–Crippen LogP) is 6.26. The second kappa shape index (κ2) is 13.7. The Hall–Kier alpha value is -4.39. The number of hydrogen-bond donors (Lipinski definition) is 0. The van der Waals surface area contributed by atoms with Gasteiger partial charge in [0.05, 0.1) is 25.5 Å². The zero-order valence-electron chi connectivity index (χ0n) is 24.7. The molecule has 0 radical (unpaired) electrons. The lowest BCUT2D eigenvalue weighted by atomic mass is 9.94. The Morgan fingerprint density at radius 2 is 2.02 bits per heavy atom. The molecule has 1 aliphatic heterocycles. The first-order valence-corrected chi connectivity index (χ1v) is 14.1. The standard InChI is InChI=1S/C31H29ClF5N5O3/c1-5-7-39-28(22-6-8-40-29(27(22)35)45-25-15-41(19(4)43)16-31(25,36)37)24(34)14-42-18(3)10-23(26(32)30(42)44)17(2)9-20-11-21(33)13-38-12-20/h5-8,10-14,17,25H,9,15-16H2,1-4H3/b7-5+,24-14-,39-28+. The van der Waals surface area contributed by atoms with E-state index in [1.807, 2.05) is 0 Å². The molecule has 0 saturated carbocycles. The van der Waals surface area contributed by atoms with Gasteiger partial charge in [0.1, 0.15) is 16.6 Å². The molecule has 3 aromatic rings. The summed E-state index contributed by atoms with van der Waals surface area (Å²) in [4.78, 5) is 37.2. The number of carbonyl (C=O) groups excluding carboxylic acids is 1. The summed E-state index contributed by atoms with van der Waals surface area (Å²) in [5.74, 6) is -8.21. The van der Waals surface area contributed by atoms with Gasteiger partial charge in [-0.2, -0.15) is 0 Å². The zero-order chi connectivity index (χ0) is 33.1. The van der Waals surface area contributed by atoms with Crippen LogP contribution >= 0.6 is 11.6 Å². The summed E-state index contributed by atoms with van der Waals surface area (Å²) in [6, 6.07) is 3.98. The smallest absolute Gasteiger partial charge is 0.303 e. The SMILES string of the molecule is C/C=C/N=C(/C(F)=C/n1c(C)cc(C(C)Cc2cncc(F)c2)c(Cl)c1=O)c1ccnc(OC2CN(C(C)=O)CC2(F)F)c1F. The van der Waals surface area contributed by atoms with Crippen LogP contribution in [0, 0.1) is 18.6 Å². The monoisotopic (exact) mass is 649 g/mol. The minimum atomic E-state index is -3.49. The highest BCUT2D eigenvalue weighted by molar-refractivity contribution is 6.31. The van der Waals surface area contributed by atoms with Crippen molar-refractivity contribution in [3.63, 3.8) is 0 Å². The summed E-state index contributed by atoms with van der Waals surface area (Å²) in [7, 11) is 0. The lowest BCUT2D eigenvalue weighted by Crippen LogP contribution is -2.37. The summed E-state index contributed by atoms with van der Waals surface area (Å²) in [5.41, 5.74) is -0.518. The molecule has 2 atom stereocenters. The fraction of sp³-hybridized carbons (Fsp3) is 0.323. The lowest BCUT2D eigenvalue weighted by molar-refractivity contribution is -0.129. The Morgan fingerprint density at radius 3 is 2.67 bits per heavy atom. The quantitative estimate of drug-likeness (QED) is 0.202. The second-order valence-electron chi connectivity index (χ2n) is 10.5. The van der Waals surface area contributed by atoms with Gasteiger partial charge in [-0.25, -0.2) is 26.9 Å². The van der Waals surface area contributed by atoms with Gasteiger partial charge in [-0.15, -0.1) is 0 Å². The summed E-state index contributed by atoms with van der Waals surface area (Å²) in [5, 5.41) is -0.198. The van der Waals surface area contributed by atoms with Gasteiger partial charge in [0.15, 0.2) is 17.7 Å². The highest BCUT2D eigenvalue weighted by Crippen LogP contribution is 2.33. The molecule has 0 aromatic carbocycles. The Kier molecular flexibility index (Phi) is 10.2. The number of aromatic nitrogens is 3. The largest absolute Gasteiger partial charge is 0.464 e. The molecule has 4 heterocycles. The Balaban J connectivity index is 1.68. The summed E-state index contributed by atoms with van der Waals surface area (Å²) < 4.78 is 80.3. The average molecular weight is 650 g/mol. The van der Waals surface area contributed by atoms with Gasteiger partial charge in [0.2, 0.25) is 5.91 Å². The van der Waals surface area contributed by atoms with Crippen molar-refractivity contribution in [3.8, 4) is 5.88 Å². The molecule has 0 N–H and O–H groups in total. The van der Waals surface area contributed by atoms with E-state index in [9.17, 15) is 22.8 Å². The third-order valence-electron chi connectivity index (χ3n) is 7.13. The minimum Gasteiger partial charge on any atom is -0.464 e. The lowest BCUT2D eigenvalue weighted by Gasteiger charge is -2.19. The van der Waals surface area contributed by atoms with E-state index in [0.29, 0.717) is 17.5 Å². The van der Waals surface area contributed by atoms with Crippen LogP contribution in [0.15, 0.2) is 64.7 Å². The van der Waals surface area contributed by atoms with Gasteiger partial charge in [-0.05, 0) is 55.5 Å². The Labute approximate surface area is 260 Å². The molecule has 1 saturated heterocycles. The molecule has 1 aliphatic rings. The average Bonchev–Trinajstić information content (AvgIpc) is 3.28. The van der Waals surface area contributed by atoms with E-state index in [4.69, 9.17) is 16.3 Å². The van der Waals surface area contributed by atoms with Crippen LogP contribution in [0.3, 0.4) is 0 Å². The highest BCUT2D eigenvalue weighted by Gasteiger charge is 2.51. The van der Waals surface area contributed by atoms with Gasteiger partial charge in [-0.3, -0.25) is 24.1 Å². The number of aliphatic imine (C=N–C) groups is 1. The van der Waals surface area contributed by atoms with Crippen molar-refractivity contribution in [1.82, 2.24) is 19.4 Å². The van der Waals surface area contributed by atoms with Crippen LogP contribution in [0.5, 0.6) is 5.88 Å². The van der Waals surface area contributed by atoms with E-state index >= 15 is 8.78 Å². The van der Waals surface area contributed by atoms with Crippen molar-refractivity contribution in [2.24, 2.45) is 4.99 Å². The second-order valence-corrected chi connectivity index (χ2v) is 10.9. The van der Waals surface area contributed by atoms with E-state index in [1.54, 1.807) is 19.9 Å². The predicted molar refractivity (Wildman–Crippen MR) is 159 cm³/mol. The minimum absolute atomic E-state index is 0.198. The number of halogens is 6. The van der Waals surface area contributed by atoms with E-state index in [-0.39, 0.29) is 16.6 Å². The molecule has 3 aromatic heterocycles. The number of likely N-dealkylation sites (tertiary alicyclic amines) is 1. The fourth-order valence-corrected chi connectivity index (χ4v) is 5.15. The third kappa shape index (κ3) is 7.47. The van der Waals surface area contributed by atoms with Crippen molar-refractivity contribution in [3.05, 3.63) is 104 Å². The summed E-state index contributed by atoms with van der Waals surface area (Å²) in [6.45, 7) is 4.62. The summed E-state index contributed by atoms with van der Waals surface area (Å²) >= 11 is 6.42. The number of pyridine rings is 3. The number of allylic oxidation sites excluding steroid dienone is 2. The molecule has 8 nitrogen and oxygen atoms in total.